The number of amides is 1. The summed E-state index contributed by atoms with van der Waals surface area (Å²) in [6.07, 6.45) is 0. The van der Waals surface area contributed by atoms with Gasteiger partial charge in [0.15, 0.2) is 28.1 Å². The van der Waals surface area contributed by atoms with Crippen LogP contribution in [0.4, 0.5) is 5.13 Å². The third-order valence-corrected chi connectivity index (χ3v) is 6.60. The summed E-state index contributed by atoms with van der Waals surface area (Å²) in [5.74, 6) is -1.22. The fraction of sp³-hybridized carbons (Fsp3) is 0.160. The Morgan fingerprint density at radius 2 is 1.94 bits per heavy atom. The number of carbonyl (C=O) groups excluding carboxylic acids is 2. The van der Waals surface area contributed by atoms with Gasteiger partial charge in [-0.3, -0.25) is 14.5 Å². The van der Waals surface area contributed by atoms with Gasteiger partial charge in [0.1, 0.15) is 11.6 Å². The van der Waals surface area contributed by atoms with Gasteiger partial charge in [-0.05, 0) is 25.1 Å². The summed E-state index contributed by atoms with van der Waals surface area (Å²) in [7, 11) is 2.97. The Labute approximate surface area is 198 Å². The average Bonchev–Trinajstić information content (AvgIpc) is 3.54. The maximum atomic E-state index is 13.7. The molecule has 0 aliphatic carbocycles. The average molecular weight is 477 g/mol. The first-order chi connectivity index (χ1) is 16.4. The van der Waals surface area contributed by atoms with E-state index in [9.17, 15) is 14.7 Å². The summed E-state index contributed by atoms with van der Waals surface area (Å²) in [6.45, 7) is 1.80. The van der Waals surface area contributed by atoms with E-state index < -0.39 is 23.5 Å². The normalized spacial score (nSPS) is 15.9. The minimum absolute atomic E-state index is 0.0135. The van der Waals surface area contributed by atoms with Gasteiger partial charge in [0.05, 0.1) is 25.5 Å². The molecule has 4 aromatic rings. The second-order valence-corrected chi connectivity index (χ2v) is 8.51. The van der Waals surface area contributed by atoms with Crippen LogP contribution in [0, 0.1) is 6.92 Å². The van der Waals surface area contributed by atoms with Crippen molar-refractivity contribution >= 4 is 39.1 Å². The minimum Gasteiger partial charge on any atom is -0.503 e. The van der Waals surface area contributed by atoms with Crippen LogP contribution < -0.4 is 14.4 Å². The molecule has 1 amide bonds. The number of Topliss-reactive ketones (excluding diaryl/α,β-unsaturated/α-hetero) is 1. The summed E-state index contributed by atoms with van der Waals surface area (Å²) in [5, 5.41) is 13.8. The molecule has 9 heteroatoms. The number of furan rings is 1. The lowest BCUT2D eigenvalue weighted by molar-refractivity contribution is -0.117. The maximum Gasteiger partial charge on any atom is 0.296 e. The fourth-order valence-corrected chi connectivity index (χ4v) is 4.96. The molecule has 0 radical (unpaired) electrons. The van der Waals surface area contributed by atoms with E-state index in [2.05, 4.69) is 4.98 Å². The lowest BCUT2D eigenvalue weighted by atomic mass is 9.94. The number of hydrogen-bond acceptors (Lipinski definition) is 8. The molecule has 34 heavy (non-hydrogen) atoms. The summed E-state index contributed by atoms with van der Waals surface area (Å²) in [5.41, 5.74) is 1.58. The Hall–Kier alpha value is -4.11. The van der Waals surface area contributed by atoms with Crippen molar-refractivity contribution in [1.82, 2.24) is 4.98 Å². The number of anilines is 1. The molecule has 2 aromatic carbocycles. The number of thiazole rings is 1. The number of carbonyl (C=O) groups is 2. The maximum absolute atomic E-state index is 13.7. The molecule has 0 saturated carbocycles. The highest BCUT2D eigenvalue weighted by Gasteiger charge is 2.47. The molecule has 8 nitrogen and oxygen atoms in total. The van der Waals surface area contributed by atoms with Crippen LogP contribution in [0.2, 0.25) is 0 Å². The first kappa shape index (κ1) is 21.7. The van der Waals surface area contributed by atoms with Crippen molar-refractivity contribution in [3.63, 3.8) is 0 Å². The van der Waals surface area contributed by atoms with Gasteiger partial charge in [0.25, 0.3) is 5.91 Å². The molecule has 0 saturated heterocycles. The van der Waals surface area contributed by atoms with E-state index in [0.717, 1.165) is 5.39 Å². The van der Waals surface area contributed by atoms with Crippen molar-refractivity contribution in [2.45, 2.75) is 13.0 Å². The molecule has 2 aromatic heterocycles. The molecule has 1 aliphatic rings. The number of para-hydroxylation sites is 2. The van der Waals surface area contributed by atoms with Crippen molar-refractivity contribution in [1.29, 1.82) is 0 Å². The Kier molecular flexibility index (Phi) is 5.33. The summed E-state index contributed by atoms with van der Waals surface area (Å²) >= 11 is 1.24. The summed E-state index contributed by atoms with van der Waals surface area (Å²) in [4.78, 5) is 32.8. The van der Waals surface area contributed by atoms with E-state index in [4.69, 9.17) is 13.9 Å². The molecular formula is C25H20N2O6S. The molecular weight excluding hydrogens is 456 g/mol. The number of benzene rings is 2. The smallest absolute Gasteiger partial charge is 0.296 e. The van der Waals surface area contributed by atoms with Gasteiger partial charge < -0.3 is 19.0 Å². The highest BCUT2D eigenvalue weighted by atomic mass is 32.1. The third-order valence-electron chi connectivity index (χ3n) is 5.64. The van der Waals surface area contributed by atoms with Crippen molar-refractivity contribution in [2.75, 3.05) is 19.1 Å². The van der Waals surface area contributed by atoms with Gasteiger partial charge in [-0.2, -0.15) is 0 Å². The van der Waals surface area contributed by atoms with E-state index in [1.54, 1.807) is 48.7 Å². The van der Waals surface area contributed by atoms with E-state index in [-0.39, 0.29) is 11.3 Å². The molecule has 0 fully saturated rings. The van der Waals surface area contributed by atoms with Gasteiger partial charge in [-0.25, -0.2) is 4.98 Å². The molecule has 1 aliphatic heterocycles. The Morgan fingerprint density at radius 3 is 2.62 bits per heavy atom. The number of aromatic nitrogens is 1. The van der Waals surface area contributed by atoms with Crippen molar-refractivity contribution in [3.8, 4) is 11.5 Å². The number of fused-ring (bicyclic) bond motifs is 1. The van der Waals surface area contributed by atoms with E-state index in [1.165, 1.54) is 30.5 Å². The number of ketones is 1. The second-order valence-electron chi connectivity index (χ2n) is 7.67. The van der Waals surface area contributed by atoms with E-state index in [1.807, 2.05) is 12.1 Å². The summed E-state index contributed by atoms with van der Waals surface area (Å²) < 4.78 is 16.8. The molecule has 5 rings (SSSR count). The van der Waals surface area contributed by atoms with Crippen LogP contribution in [0.5, 0.6) is 11.5 Å². The highest BCUT2D eigenvalue weighted by molar-refractivity contribution is 7.14. The van der Waals surface area contributed by atoms with Crippen molar-refractivity contribution in [3.05, 3.63) is 82.3 Å². The lowest BCUT2D eigenvalue weighted by Gasteiger charge is -2.26. The first-order valence-electron chi connectivity index (χ1n) is 10.4. The number of aliphatic hydroxyl groups is 1. The first-order valence-corrected chi connectivity index (χ1v) is 11.3. The van der Waals surface area contributed by atoms with Crippen LogP contribution in [0.1, 0.15) is 27.9 Å². The third kappa shape index (κ3) is 3.32. The van der Waals surface area contributed by atoms with Gasteiger partial charge in [-0.1, -0.05) is 30.3 Å². The predicted octanol–water partition coefficient (Wildman–Crippen LogP) is 5.00. The fourth-order valence-electron chi connectivity index (χ4n) is 4.13. The zero-order valence-electron chi connectivity index (χ0n) is 18.6. The number of aliphatic hydroxyl groups excluding tert-OH is 1. The molecule has 0 bridgehead atoms. The SMILES string of the molecule is COc1cccc(C2C(C(=O)c3cc4ccccc4o3)=C(O)C(=O)N2c2nc(C)cs2)c1OC. The number of methoxy groups -OCH3 is 2. The van der Waals surface area contributed by atoms with Crippen molar-refractivity contribution in [2.24, 2.45) is 0 Å². The number of ether oxygens (including phenoxy) is 2. The zero-order valence-corrected chi connectivity index (χ0v) is 19.4. The lowest BCUT2D eigenvalue weighted by Crippen LogP contribution is -2.31. The molecule has 1 unspecified atom stereocenters. The predicted molar refractivity (Wildman–Crippen MR) is 127 cm³/mol. The monoisotopic (exact) mass is 476 g/mol. The van der Waals surface area contributed by atoms with Gasteiger partial charge in [0.2, 0.25) is 5.78 Å². The van der Waals surface area contributed by atoms with Crippen LogP contribution in [0.25, 0.3) is 11.0 Å². The molecule has 0 spiro atoms. The summed E-state index contributed by atoms with van der Waals surface area (Å²) in [6, 6.07) is 12.9. The van der Waals surface area contributed by atoms with Crippen LogP contribution in [-0.2, 0) is 4.79 Å². The van der Waals surface area contributed by atoms with E-state index >= 15 is 0 Å². The number of rotatable bonds is 6. The van der Waals surface area contributed by atoms with Crippen LogP contribution in [0.3, 0.4) is 0 Å². The molecule has 172 valence electrons. The Balaban J connectivity index is 1.72. The van der Waals surface area contributed by atoms with Gasteiger partial charge >= 0.3 is 0 Å². The Bertz CT molecular complexity index is 1430. The van der Waals surface area contributed by atoms with Crippen LogP contribution >= 0.6 is 11.3 Å². The number of nitrogens with zero attached hydrogens (tertiary/aromatic N) is 2. The minimum atomic E-state index is -1.01. The number of aryl methyl sites for hydroxylation is 1. The van der Waals surface area contributed by atoms with Crippen molar-refractivity contribution < 1.29 is 28.6 Å². The van der Waals surface area contributed by atoms with Crippen LogP contribution in [-0.4, -0.2) is 36.0 Å². The molecule has 3 heterocycles. The van der Waals surface area contributed by atoms with Crippen LogP contribution in [0.15, 0.2) is 69.7 Å². The molecule has 1 atom stereocenters. The van der Waals surface area contributed by atoms with E-state index in [0.29, 0.717) is 33.5 Å². The zero-order chi connectivity index (χ0) is 24.0. The largest absolute Gasteiger partial charge is 0.503 e. The Morgan fingerprint density at radius 1 is 1.15 bits per heavy atom. The highest BCUT2D eigenvalue weighted by Crippen LogP contribution is 2.47. The van der Waals surface area contributed by atoms with Gasteiger partial charge in [0, 0.05) is 16.3 Å². The number of hydrogen-bond donors (Lipinski definition) is 1. The quantitative estimate of drug-likeness (QED) is 0.391. The molecule has 1 N–H and O–H groups in total. The second kappa shape index (κ2) is 8.35. The topological polar surface area (TPSA) is 102 Å². The standard InChI is InChI=1S/C25H20N2O6S/c1-13-12-34-25(26-13)27-20(15-8-6-10-17(31-2)23(15)32-3)19(22(29)24(27)30)21(28)18-11-14-7-4-5-9-16(14)33-18/h4-12,20,29H,1-3H3. The van der Waals surface area contributed by atoms with Gasteiger partial charge in [-0.15, -0.1) is 11.3 Å².